The molecular formula is C17H14N4O. The minimum absolute atomic E-state index is 0.800. The van der Waals surface area contributed by atoms with Crippen molar-refractivity contribution in [3.8, 4) is 11.5 Å². The van der Waals surface area contributed by atoms with Crippen molar-refractivity contribution in [1.29, 1.82) is 0 Å². The van der Waals surface area contributed by atoms with E-state index in [1.807, 2.05) is 18.3 Å². The van der Waals surface area contributed by atoms with E-state index in [1.165, 1.54) is 17.7 Å². The Labute approximate surface area is 126 Å². The fraction of sp³-hybridized carbons (Fsp3) is 0.176. The number of hydrogen-bond acceptors (Lipinski definition) is 3. The monoisotopic (exact) mass is 290 g/mol. The summed E-state index contributed by atoms with van der Waals surface area (Å²) in [5, 5.41) is 4.53. The van der Waals surface area contributed by atoms with Crippen LogP contribution in [0.5, 0.6) is 0 Å². The number of rotatable bonds is 1. The number of aryl methyl sites for hydroxylation is 2. The Morgan fingerprint density at radius 2 is 2.09 bits per heavy atom. The summed E-state index contributed by atoms with van der Waals surface area (Å²) in [5.74, 6) is 1.14. The van der Waals surface area contributed by atoms with Gasteiger partial charge >= 0.3 is 0 Å². The molecule has 108 valence electrons. The minimum Gasteiger partial charge on any atom is -0.443 e. The zero-order chi connectivity index (χ0) is 14.5. The molecule has 3 aromatic heterocycles. The van der Waals surface area contributed by atoms with Gasteiger partial charge in [-0.2, -0.15) is 5.10 Å². The Kier molecular flexibility index (Phi) is 2.33. The molecule has 5 heteroatoms. The average molecular weight is 290 g/mol. The molecule has 0 spiro atoms. The van der Waals surface area contributed by atoms with E-state index in [0.717, 1.165) is 41.9 Å². The number of benzene rings is 1. The smallest absolute Gasteiger partial charge is 0.181 e. The summed E-state index contributed by atoms with van der Waals surface area (Å²) in [4.78, 5) is 4.18. The molecule has 5 nitrogen and oxygen atoms in total. The van der Waals surface area contributed by atoms with Gasteiger partial charge in [0, 0.05) is 24.2 Å². The van der Waals surface area contributed by atoms with Gasteiger partial charge in [-0.3, -0.25) is 0 Å². The van der Waals surface area contributed by atoms with E-state index in [4.69, 9.17) is 4.42 Å². The van der Waals surface area contributed by atoms with Crippen molar-refractivity contribution >= 4 is 11.1 Å². The topological polar surface area (TPSA) is 48.8 Å². The molecular weight excluding hydrogens is 276 g/mol. The van der Waals surface area contributed by atoms with Gasteiger partial charge in [0.25, 0.3) is 0 Å². The standard InChI is InChI=1S/C17H14N4O/c1-2-12-7-9-20(17(12)21-13(3-1)6-8-19-21)14-4-5-15-16(10-14)22-11-18-15/h4-11H,1-3H2. The molecule has 0 aliphatic carbocycles. The highest BCUT2D eigenvalue weighted by atomic mass is 16.3. The first-order valence-corrected chi connectivity index (χ1v) is 7.47. The SMILES string of the molecule is c1cc2n(n1)-c1c(ccn1-c1ccc3ncoc3c1)CCC2. The molecule has 4 aromatic rings. The lowest BCUT2D eigenvalue weighted by molar-refractivity contribution is 0.602. The van der Waals surface area contributed by atoms with E-state index in [1.54, 1.807) is 0 Å². The summed E-state index contributed by atoms with van der Waals surface area (Å²) in [6.07, 6.45) is 8.77. The van der Waals surface area contributed by atoms with Crippen LogP contribution in [-0.4, -0.2) is 19.3 Å². The zero-order valence-corrected chi connectivity index (χ0v) is 11.9. The number of hydrogen-bond donors (Lipinski definition) is 0. The largest absolute Gasteiger partial charge is 0.443 e. The van der Waals surface area contributed by atoms with E-state index >= 15 is 0 Å². The van der Waals surface area contributed by atoms with Gasteiger partial charge < -0.3 is 8.98 Å². The van der Waals surface area contributed by atoms with E-state index in [0.29, 0.717) is 0 Å². The molecule has 0 N–H and O–H groups in total. The van der Waals surface area contributed by atoms with E-state index < -0.39 is 0 Å². The Morgan fingerprint density at radius 1 is 1.09 bits per heavy atom. The minimum atomic E-state index is 0.800. The molecule has 1 aliphatic heterocycles. The van der Waals surface area contributed by atoms with Crippen LogP contribution in [0.1, 0.15) is 17.7 Å². The molecule has 0 radical (unpaired) electrons. The summed E-state index contributed by atoms with van der Waals surface area (Å²) in [6.45, 7) is 0. The summed E-state index contributed by atoms with van der Waals surface area (Å²) >= 11 is 0. The van der Waals surface area contributed by atoms with E-state index in [9.17, 15) is 0 Å². The highest BCUT2D eigenvalue weighted by Gasteiger charge is 2.19. The Morgan fingerprint density at radius 3 is 3.09 bits per heavy atom. The van der Waals surface area contributed by atoms with Crippen molar-refractivity contribution in [3.05, 3.63) is 60.4 Å². The number of oxazole rings is 1. The van der Waals surface area contributed by atoms with Crippen LogP contribution in [0.2, 0.25) is 0 Å². The third-order valence-corrected chi connectivity index (χ3v) is 4.33. The second-order valence-corrected chi connectivity index (χ2v) is 5.63. The van der Waals surface area contributed by atoms with Gasteiger partial charge in [-0.15, -0.1) is 0 Å². The molecule has 0 amide bonds. The highest BCUT2D eigenvalue weighted by molar-refractivity contribution is 5.75. The maximum atomic E-state index is 5.43. The van der Waals surface area contributed by atoms with Gasteiger partial charge in [0.2, 0.25) is 0 Å². The normalized spacial score (nSPS) is 13.8. The number of nitrogens with zero attached hydrogens (tertiary/aromatic N) is 4. The zero-order valence-electron chi connectivity index (χ0n) is 11.9. The van der Waals surface area contributed by atoms with E-state index in [2.05, 4.69) is 43.7 Å². The van der Waals surface area contributed by atoms with Crippen LogP contribution in [0.15, 0.2) is 53.5 Å². The number of aromatic nitrogens is 4. The van der Waals surface area contributed by atoms with Gasteiger partial charge in [-0.25, -0.2) is 9.67 Å². The quantitative estimate of drug-likeness (QED) is 0.540. The van der Waals surface area contributed by atoms with E-state index in [-0.39, 0.29) is 0 Å². The lowest BCUT2D eigenvalue weighted by Crippen LogP contribution is -2.08. The molecule has 0 unspecified atom stereocenters. The van der Waals surface area contributed by atoms with Crippen molar-refractivity contribution in [2.75, 3.05) is 0 Å². The van der Waals surface area contributed by atoms with Crippen LogP contribution >= 0.6 is 0 Å². The van der Waals surface area contributed by atoms with Gasteiger partial charge in [0.1, 0.15) is 11.3 Å². The van der Waals surface area contributed by atoms with Crippen molar-refractivity contribution < 1.29 is 4.42 Å². The predicted molar refractivity (Wildman–Crippen MR) is 82.5 cm³/mol. The molecule has 0 saturated heterocycles. The fourth-order valence-corrected chi connectivity index (χ4v) is 3.27. The number of fused-ring (bicyclic) bond motifs is 4. The van der Waals surface area contributed by atoms with Crippen LogP contribution in [0.25, 0.3) is 22.6 Å². The Balaban J connectivity index is 1.76. The summed E-state index contributed by atoms with van der Waals surface area (Å²) in [7, 11) is 0. The molecule has 1 aromatic carbocycles. The second kappa shape index (κ2) is 4.34. The fourth-order valence-electron chi connectivity index (χ4n) is 3.27. The van der Waals surface area contributed by atoms with Crippen molar-refractivity contribution in [3.63, 3.8) is 0 Å². The first-order chi connectivity index (χ1) is 10.9. The summed E-state index contributed by atoms with van der Waals surface area (Å²) in [5.41, 5.74) is 5.34. The molecule has 5 rings (SSSR count). The van der Waals surface area contributed by atoms with Crippen LogP contribution in [0.4, 0.5) is 0 Å². The van der Waals surface area contributed by atoms with Gasteiger partial charge in [0.15, 0.2) is 12.0 Å². The van der Waals surface area contributed by atoms with Crippen LogP contribution < -0.4 is 0 Å². The Bertz CT molecular complexity index is 976. The average Bonchev–Trinajstić information content (AvgIpc) is 3.24. The molecule has 0 bridgehead atoms. The first kappa shape index (κ1) is 11.8. The maximum absolute atomic E-state index is 5.43. The lowest BCUT2D eigenvalue weighted by Gasteiger charge is -2.12. The third-order valence-electron chi connectivity index (χ3n) is 4.33. The highest BCUT2D eigenvalue weighted by Crippen LogP contribution is 2.28. The Hall–Kier alpha value is -2.82. The van der Waals surface area contributed by atoms with Crippen LogP contribution in [0.3, 0.4) is 0 Å². The molecule has 22 heavy (non-hydrogen) atoms. The van der Waals surface area contributed by atoms with Crippen molar-refractivity contribution in [2.24, 2.45) is 0 Å². The maximum Gasteiger partial charge on any atom is 0.181 e. The van der Waals surface area contributed by atoms with Gasteiger partial charge in [-0.1, -0.05) is 0 Å². The van der Waals surface area contributed by atoms with Crippen LogP contribution in [-0.2, 0) is 12.8 Å². The molecule has 0 atom stereocenters. The van der Waals surface area contributed by atoms with Crippen molar-refractivity contribution in [2.45, 2.75) is 19.3 Å². The van der Waals surface area contributed by atoms with Gasteiger partial charge in [0.05, 0.1) is 5.69 Å². The van der Waals surface area contributed by atoms with Crippen molar-refractivity contribution in [1.82, 2.24) is 19.3 Å². The third kappa shape index (κ3) is 1.59. The van der Waals surface area contributed by atoms with Gasteiger partial charge in [-0.05, 0) is 49.1 Å². The first-order valence-electron chi connectivity index (χ1n) is 7.47. The predicted octanol–water partition coefficient (Wildman–Crippen LogP) is 3.29. The van der Waals surface area contributed by atoms with Crippen LogP contribution in [0, 0.1) is 0 Å². The molecule has 0 saturated carbocycles. The lowest BCUT2D eigenvalue weighted by atomic mass is 10.1. The second-order valence-electron chi connectivity index (χ2n) is 5.63. The molecule has 0 fully saturated rings. The molecule has 4 heterocycles. The molecule has 1 aliphatic rings. The summed E-state index contributed by atoms with van der Waals surface area (Å²) in [6, 6.07) is 10.4. The summed E-state index contributed by atoms with van der Waals surface area (Å²) < 4.78 is 9.68.